The summed E-state index contributed by atoms with van der Waals surface area (Å²) in [5.74, 6) is 1.43. The van der Waals surface area contributed by atoms with Crippen molar-refractivity contribution in [2.24, 2.45) is 11.8 Å². The van der Waals surface area contributed by atoms with Crippen LogP contribution >= 0.6 is 15.9 Å². The summed E-state index contributed by atoms with van der Waals surface area (Å²) >= 11 is 3.58. The largest absolute Gasteiger partial charge is 0.508 e. The monoisotopic (exact) mass is 339 g/mol. The Hall–Kier alpha value is -1.03. The lowest BCUT2D eigenvalue weighted by Crippen LogP contribution is -2.34. The van der Waals surface area contributed by atoms with Crippen LogP contribution in [0, 0.1) is 18.8 Å². The van der Waals surface area contributed by atoms with E-state index in [9.17, 15) is 9.90 Å². The number of amides is 1. The van der Waals surface area contributed by atoms with Crippen molar-refractivity contribution < 1.29 is 9.90 Å². The molecule has 2 rings (SSSR count). The van der Waals surface area contributed by atoms with Gasteiger partial charge in [-0.1, -0.05) is 28.8 Å². The van der Waals surface area contributed by atoms with Crippen molar-refractivity contribution >= 4 is 21.8 Å². The van der Waals surface area contributed by atoms with E-state index in [1.165, 1.54) is 25.7 Å². The lowest BCUT2D eigenvalue weighted by Gasteiger charge is -2.30. The molecule has 4 heteroatoms. The Balaban J connectivity index is 1.92. The van der Waals surface area contributed by atoms with E-state index in [-0.39, 0.29) is 11.7 Å². The Bertz CT molecular complexity index is 476. The Morgan fingerprint density at radius 1 is 1.35 bits per heavy atom. The Kier molecular flexibility index (Phi) is 5.46. The lowest BCUT2D eigenvalue weighted by atomic mass is 9.80. The molecule has 0 aliphatic heterocycles. The van der Waals surface area contributed by atoms with Crippen LogP contribution < -0.4 is 5.32 Å². The highest BCUT2D eigenvalue weighted by Gasteiger charge is 2.24. The minimum absolute atomic E-state index is 0.0491. The Morgan fingerprint density at radius 2 is 2.05 bits per heavy atom. The maximum atomic E-state index is 12.1. The quantitative estimate of drug-likeness (QED) is 0.823. The van der Waals surface area contributed by atoms with Gasteiger partial charge in [0.25, 0.3) is 5.91 Å². The molecule has 20 heavy (non-hydrogen) atoms. The number of rotatable bonds is 4. The number of aryl methyl sites for hydroxylation is 1. The molecule has 0 heterocycles. The number of hydrogen-bond donors (Lipinski definition) is 2. The van der Waals surface area contributed by atoms with Gasteiger partial charge in [-0.15, -0.1) is 0 Å². The Morgan fingerprint density at radius 3 is 2.70 bits per heavy atom. The molecule has 3 nitrogen and oxygen atoms in total. The third-order valence-electron chi connectivity index (χ3n) is 4.25. The van der Waals surface area contributed by atoms with Crippen molar-refractivity contribution in [1.29, 1.82) is 0 Å². The van der Waals surface area contributed by atoms with Gasteiger partial charge in [0.15, 0.2) is 0 Å². The third-order valence-corrected chi connectivity index (χ3v) is 5.08. The number of carbonyl (C=O) groups is 1. The number of phenols is 1. The number of carbonyl (C=O) groups excluding carboxylic acids is 1. The zero-order chi connectivity index (χ0) is 14.5. The molecule has 110 valence electrons. The van der Waals surface area contributed by atoms with Crippen LogP contribution in [-0.2, 0) is 0 Å². The normalized spacial score (nSPS) is 22.5. The summed E-state index contributed by atoms with van der Waals surface area (Å²) in [5, 5.41) is 13.5. The van der Waals surface area contributed by atoms with Crippen molar-refractivity contribution in [1.82, 2.24) is 5.32 Å². The molecule has 2 atom stereocenters. The zero-order valence-electron chi connectivity index (χ0n) is 11.9. The molecule has 1 amide bonds. The fraction of sp³-hybridized carbons (Fsp3) is 0.562. The van der Waals surface area contributed by atoms with Crippen LogP contribution in [0.2, 0.25) is 0 Å². The SMILES string of the molecule is Cc1cc(C(=O)NCC2CCCCC2CBr)ccc1O. The average molecular weight is 340 g/mol. The molecule has 1 fully saturated rings. The van der Waals surface area contributed by atoms with E-state index < -0.39 is 0 Å². The Labute approximate surface area is 128 Å². The topological polar surface area (TPSA) is 49.3 Å². The molecule has 0 bridgehead atoms. The maximum absolute atomic E-state index is 12.1. The number of halogens is 1. The maximum Gasteiger partial charge on any atom is 0.251 e. The van der Waals surface area contributed by atoms with Gasteiger partial charge < -0.3 is 10.4 Å². The first-order valence-corrected chi connectivity index (χ1v) is 8.37. The number of benzene rings is 1. The van der Waals surface area contributed by atoms with Gasteiger partial charge in [0, 0.05) is 17.4 Å². The smallest absolute Gasteiger partial charge is 0.251 e. The van der Waals surface area contributed by atoms with E-state index in [2.05, 4.69) is 21.2 Å². The zero-order valence-corrected chi connectivity index (χ0v) is 13.4. The van der Waals surface area contributed by atoms with Gasteiger partial charge in [0.2, 0.25) is 0 Å². The molecule has 0 spiro atoms. The first-order chi connectivity index (χ1) is 9.61. The molecule has 0 aromatic heterocycles. The molecule has 1 saturated carbocycles. The molecule has 1 aromatic rings. The summed E-state index contributed by atoms with van der Waals surface area (Å²) < 4.78 is 0. The van der Waals surface area contributed by atoms with E-state index in [0.717, 1.165) is 17.4 Å². The van der Waals surface area contributed by atoms with Gasteiger partial charge in [-0.05, 0) is 55.4 Å². The summed E-state index contributed by atoms with van der Waals surface area (Å²) in [6.45, 7) is 2.54. The highest BCUT2D eigenvalue weighted by atomic mass is 79.9. The number of alkyl halides is 1. The van der Waals surface area contributed by atoms with E-state index >= 15 is 0 Å². The summed E-state index contributed by atoms with van der Waals surface area (Å²) in [4.78, 5) is 12.1. The summed E-state index contributed by atoms with van der Waals surface area (Å²) in [5.41, 5.74) is 1.35. The first kappa shape index (κ1) is 15.4. The van der Waals surface area contributed by atoms with Gasteiger partial charge in [-0.3, -0.25) is 4.79 Å². The summed E-state index contributed by atoms with van der Waals surface area (Å²) in [6, 6.07) is 4.97. The predicted molar refractivity (Wildman–Crippen MR) is 84.4 cm³/mol. The van der Waals surface area contributed by atoms with Gasteiger partial charge in [-0.25, -0.2) is 0 Å². The lowest BCUT2D eigenvalue weighted by molar-refractivity contribution is 0.0937. The molecule has 2 unspecified atom stereocenters. The van der Waals surface area contributed by atoms with Gasteiger partial charge in [0.1, 0.15) is 5.75 Å². The van der Waals surface area contributed by atoms with Crippen LogP contribution in [0.1, 0.15) is 41.6 Å². The van der Waals surface area contributed by atoms with Gasteiger partial charge in [0.05, 0.1) is 0 Å². The van der Waals surface area contributed by atoms with Crippen LogP contribution in [0.15, 0.2) is 18.2 Å². The number of nitrogens with one attached hydrogen (secondary N) is 1. The van der Waals surface area contributed by atoms with E-state index in [1.54, 1.807) is 25.1 Å². The minimum atomic E-state index is -0.0491. The average Bonchev–Trinajstić information content (AvgIpc) is 2.47. The number of hydrogen-bond acceptors (Lipinski definition) is 2. The molecular weight excluding hydrogens is 318 g/mol. The van der Waals surface area contributed by atoms with Crippen molar-refractivity contribution in [3.63, 3.8) is 0 Å². The molecule has 1 aliphatic carbocycles. The fourth-order valence-corrected chi connectivity index (χ4v) is 3.73. The standard InChI is InChI=1S/C16H22BrNO2/c1-11-8-12(6-7-15(11)19)16(20)18-10-14-5-3-2-4-13(14)9-17/h6-8,13-14,19H,2-5,9-10H2,1H3,(H,18,20). The van der Waals surface area contributed by atoms with Crippen LogP contribution in [0.5, 0.6) is 5.75 Å². The van der Waals surface area contributed by atoms with Crippen LogP contribution in [0.25, 0.3) is 0 Å². The predicted octanol–water partition coefficient (Wildman–Crippen LogP) is 3.63. The number of aromatic hydroxyl groups is 1. The van der Waals surface area contributed by atoms with Gasteiger partial charge in [-0.2, -0.15) is 0 Å². The van der Waals surface area contributed by atoms with Crippen molar-refractivity contribution in [2.45, 2.75) is 32.6 Å². The van der Waals surface area contributed by atoms with Crippen molar-refractivity contribution in [2.75, 3.05) is 11.9 Å². The van der Waals surface area contributed by atoms with Crippen molar-refractivity contribution in [3.8, 4) is 5.75 Å². The van der Waals surface area contributed by atoms with E-state index in [1.807, 2.05) is 0 Å². The third kappa shape index (κ3) is 3.75. The highest BCUT2D eigenvalue weighted by molar-refractivity contribution is 9.09. The molecular formula is C16H22BrNO2. The van der Waals surface area contributed by atoms with Crippen LogP contribution in [0.3, 0.4) is 0 Å². The van der Waals surface area contributed by atoms with Gasteiger partial charge >= 0.3 is 0 Å². The second-order valence-corrected chi connectivity index (χ2v) is 6.32. The number of phenolic OH excluding ortho intramolecular Hbond substituents is 1. The second kappa shape index (κ2) is 7.11. The molecule has 2 N–H and O–H groups in total. The summed E-state index contributed by atoms with van der Waals surface area (Å²) in [6.07, 6.45) is 5.02. The van der Waals surface area contributed by atoms with Crippen LogP contribution in [-0.4, -0.2) is 22.9 Å². The first-order valence-electron chi connectivity index (χ1n) is 7.25. The fourth-order valence-electron chi connectivity index (χ4n) is 2.88. The minimum Gasteiger partial charge on any atom is -0.508 e. The van der Waals surface area contributed by atoms with E-state index in [0.29, 0.717) is 17.4 Å². The molecule has 0 radical (unpaired) electrons. The molecule has 0 saturated heterocycles. The molecule has 1 aromatic carbocycles. The van der Waals surface area contributed by atoms with Crippen molar-refractivity contribution in [3.05, 3.63) is 29.3 Å². The molecule has 1 aliphatic rings. The van der Waals surface area contributed by atoms with E-state index in [4.69, 9.17) is 0 Å². The second-order valence-electron chi connectivity index (χ2n) is 5.67. The summed E-state index contributed by atoms with van der Waals surface area (Å²) in [7, 11) is 0. The van der Waals surface area contributed by atoms with Crippen LogP contribution in [0.4, 0.5) is 0 Å². The highest BCUT2D eigenvalue weighted by Crippen LogP contribution is 2.30.